The average Bonchev–Trinajstić information content (AvgIpc) is 2.71. The fourth-order valence-corrected chi connectivity index (χ4v) is 3.22. The minimum atomic E-state index is -9.89. The number of halogens is 6. The Morgan fingerprint density at radius 2 is 1.59 bits per heavy atom. The molecule has 0 aromatic heterocycles. The highest BCUT2D eigenvalue weighted by Crippen LogP contribution is 3.02. The maximum Gasteiger partial charge on any atom is 0.310 e. The van der Waals surface area contributed by atoms with E-state index in [-0.39, 0.29) is 34.0 Å². The molecular formula is C19H12ClF5N4O2S. The lowest BCUT2D eigenvalue weighted by Crippen LogP contribution is -2.49. The highest BCUT2D eigenvalue weighted by Gasteiger charge is 2.65. The van der Waals surface area contributed by atoms with Crippen molar-refractivity contribution in [3.63, 3.8) is 0 Å². The summed E-state index contributed by atoms with van der Waals surface area (Å²) in [4.78, 5) is 10.2. The lowest BCUT2D eigenvalue weighted by atomic mass is 10.0. The second-order valence-corrected chi connectivity index (χ2v) is 9.55. The quantitative estimate of drug-likeness (QED) is 0.512. The minimum Gasteiger partial charge on any atom is -0.488 e. The zero-order valence-electron chi connectivity index (χ0n) is 16.0. The van der Waals surface area contributed by atoms with Gasteiger partial charge in [-0.15, -0.1) is 0 Å². The summed E-state index contributed by atoms with van der Waals surface area (Å²) in [7, 11) is -9.89. The topological polar surface area (TPSA) is 110 Å². The maximum atomic E-state index is 12.8. The Kier molecular flexibility index (Phi) is 5.84. The molecule has 2 aromatic carbocycles. The molecule has 0 saturated carbocycles. The van der Waals surface area contributed by atoms with Crippen molar-refractivity contribution in [3.8, 4) is 24.0 Å². The van der Waals surface area contributed by atoms with E-state index < -0.39 is 38.7 Å². The number of carbonyl (C=O) groups is 1. The number of nitrogens with one attached hydrogen (secondary N) is 1. The number of amides is 1. The first kappa shape index (κ1) is 24.7. The van der Waals surface area contributed by atoms with Crippen LogP contribution in [-0.4, -0.2) is 18.1 Å². The van der Waals surface area contributed by atoms with E-state index in [1.54, 1.807) is 18.2 Å². The third kappa shape index (κ3) is 5.79. The van der Waals surface area contributed by atoms with Gasteiger partial charge in [0.2, 0.25) is 0 Å². The van der Waals surface area contributed by atoms with Crippen LogP contribution in [0.1, 0.15) is 28.4 Å². The summed E-state index contributed by atoms with van der Waals surface area (Å²) >= 11 is 5.98. The van der Waals surface area contributed by atoms with Gasteiger partial charge >= 0.3 is 10.2 Å². The van der Waals surface area contributed by atoms with Gasteiger partial charge in [0.1, 0.15) is 29.4 Å². The molecule has 0 heterocycles. The number of hydrogen-bond acceptors (Lipinski definition) is 5. The van der Waals surface area contributed by atoms with E-state index in [1.165, 1.54) is 19.1 Å². The summed E-state index contributed by atoms with van der Waals surface area (Å²) in [5.41, 5.74) is -2.17. The first-order valence-corrected chi connectivity index (χ1v) is 10.7. The van der Waals surface area contributed by atoms with Crippen molar-refractivity contribution >= 4 is 27.7 Å². The van der Waals surface area contributed by atoms with E-state index >= 15 is 0 Å². The van der Waals surface area contributed by atoms with Gasteiger partial charge in [-0.2, -0.15) is 15.8 Å². The van der Waals surface area contributed by atoms with Crippen molar-refractivity contribution in [1.29, 1.82) is 15.8 Å². The largest absolute Gasteiger partial charge is 0.488 e. The summed E-state index contributed by atoms with van der Waals surface area (Å²) < 4.78 is 69.4. The Hall–Kier alpha value is -3.53. The van der Waals surface area contributed by atoms with Crippen LogP contribution >= 0.6 is 21.8 Å². The van der Waals surface area contributed by atoms with E-state index in [4.69, 9.17) is 26.9 Å². The summed E-state index contributed by atoms with van der Waals surface area (Å²) in [5.74, 6) is -1.08. The van der Waals surface area contributed by atoms with Gasteiger partial charge in [-0.1, -0.05) is 31.0 Å². The molecule has 168 valence electrons. The lowest BCUT2D eigenvalue weighted by Gasteiger charge is -2.40. The summed E-state index contributed by atoms with van der Waals surface area (Å²) in [6, 6.07) is 8.91. The third-order valence-electron chi connectivity index (χ3n) is 4.03. The minimum absolute atomic E-state index is 0.00350. The number of ether oxygens (including phenoxy) is 1. The summed E-state index contributed by atoms with van der Waals surface area (Å²) in [5, 5.41) is 29.6. The van der Waals surface area contributed by atoms with Crippen LogP contribution in [-0.2, 0) is 0 Å². The van der Waals surface area contributed by atoms with E-state index in [0.717, 1.165) is 0 Å². The lowest BCUT2D eigenvalue weighted by molar-refractivity contribution is 0.0901. The number of nitrogens with zero attached hydrogens (tertiary/aromatic N) is 3. The number of benzene rings is 2. The molecule has 0 aliphatic carbocycles. The van der Waals surface area contributed by atoms with Crippen LogP contribution < -0.4 is 10.1 Å². The SMILES string of the molecule is C[C@](C#N)(COc1cc(C#N)c(C#N)cc1Cl)NC(=O)c1ccc(S(F)(F)(F)(F)F)cc1. The predicted octanol–water partition coefficient (Wildman–Crippen LogP) is 5.83. The molecule has 0 radical (unpaired) electrons. The molecule has 6 nitrogen and oxygen atoms in total. The molecular weight excluding hydrogens is 479 g/mol. The predicted molar refractivity (Wildman–Crippen MR) is 106 cm³/mol. The van der Waals surface area contributed by atoms with Crippen molar-refractivity contribution in [2.45, 2.75) is 17.4 Å². The Labute approximate surface area is 184 Å². The molecule has 0 bridgehead atoms. The van der Waals surface area contributed by atoms with E-state index in [9.17, 15) is 29.5 Å². The highest BCUT2D eigenvalue weighted by atomic mass is 35.5. The molecule has 32 heavy (non-hydrogen) atoms. The molecule has 0 saturated heterocycles. The molecule has 0 unspecified atom stereocenters. The van der Waals surface area contributed by atoms with Gasteiger partial charge in [-0.05, 0) is 37.3 Å². The van der Waals surface area contributed by atoms with Crippen LogP contribution in [0.4, 0.5) is 19.4 Å². The molecule has 1 N–H and O–H groups in total. The molecule has 0 fully saturated rings. The molecule has 0 aliphatic heterocycles. The van der Waals surface area contributed by atoms with Crippen LogP contribution in [0.25, 0.3) is 0 Å². The summed E-state index contributed by atoms with van der Waals surface area (Å²) in [6.07, 6.45) is 0. The zero-order valence-corrected chi connectivity index (χ0v) is 17.6. The Morgan fingerprint density at radius 1 is 1.06 bits per heavy atom. The van der Waals surface area contributed by atoms with Crippen molar-refractivity contribution in [1.82, 2.24) is 5.32 Å². The molecule has 2 rings (SSSR count). The van der Waals surface area contributed by atoms with Crippen LogP contribution in [0.5, 0.6) is 5.75 Å². The molecule has 13 heteroatoms. The van der Waals surface area contributed by atoms with Crippen molar-refractivity contribution in [2.75, 3.05) is 6.61 Å². The van der Waals surface area contributed by atoms with Crippen molar-refractivity contribution < 1.29 is 29.0 Å². The monoisotopic (exact) mass is 490 g/mol. The fraction of sp³-hybridized carbons (Fsp3) is 0.158. The average molecular weight is 491 g/mol. The number of nitriles is 3. The normalized spacial score (nSPS) is 15.0. The van der Waals surface area contributed by atoms with Crippen molar-refractivity contribution in [3.05, 3.63) is 58.1 Å². The van der Waals surface area contributed by atoms with Crippen LogP contribution in [0.2, 0.25) is 5.02 Å². The molecule has 0 aliphatic rings. The maximum absolute atomic E-state index is 12.8. The van der Waals surface area contributed by atoms with Gasteiger partial charge in [0, 0.05) is 11.6 Å². The molecule has 0 spiro atoms. The van der Waals surface area contributed by atoms with Gasteiger partial charge < -0.3 is 10.1 Å². The van der Waals surface area contributed by atoms with E-state index in [1.807, 2.05) is 0 Å². The molecule has 1 atom stereocenters. The van der Waals surface area contributed by atoms with Gasteiger partial charge in [0.05, 0.1) is 22.2 Å². The number of hydrogen-bond donors (Lipinski definition) is 1. The standard InChI is InChI=1S/C19H12ClF5N4O2S/c1-19(10-28,11-31-17-7-14(9-27)13(8-26)6-16(17)20)29-18(30)12-2-4-15(5-3-12)32(21,22,23,24)25/h2-7H,11H2,1H3,(H,29,30)/t19-/m0/s1. The van der Waals surface area contributed by atoms with Crippen LogP contribution in [0, 0.1) is 34.0 Å². The Bertz CT molecular complexity index is 1220. The van der Waals surface area contributed by atoms with Crippen LogP contribution in [0.3, 0.4) is 0 Å². The summed E-state index contributed by atoms with van der Waals surface area (Å²) in [6.45, 7) is 0.728. The fourth-order valence-electron chi connectivity index (χ4n) is 2.35. The first-order valence-electron chi connectivity index (χ1n) is 8.36. The van der Waals surface area contributed by atoms with Crippen LogP contribution in [0.15, 0.2) is 41.3 Å². The van der Waals surface area contributed by atoms with Crippen molar-refractivity contribution in [2.24, 2.45) is 0 Å². The molecule has 2 aromatic rings. The van der Waals surface area contributed by atoms with Gasteiger partial charge in [0.15, 0.2) is 5.54 Å². The van der Waals surface area contributed by atoms with E-state index in [0.29, 0.717) is 12.1 Å². The highest BCUT2D eigenvalue weighted by molar-refractivity contribution is 8.45. The smallest absolute Gasteiger partial charge is 0.310 e. The third-order valence-corrected chi connectivity index (χ3v) is 5.49. The van der Waals surface area contributed by atoms with E-state index in [2.05, 4.69) is 5.32 Å². The molecule has 1 amide bonds. The number of carbonyl (C=O) groups excluding carboxylic acids is 1. The van der Waals surface area contributed by atoms with Gasteiger partial charge in [-0.25, -0.2) is 0 Å². The second kappa shape index (κ2) is 7.56. The Morgan fingerprint density at radius 3 is 2.06 bits per heavy atom. The Balaban J connectivity index is 2.20. The van der Waals surface area contributed by atoms with Gasteiger partial charge in [-0.3, -0.25) is 4.79 Å². The first-order chi connectivity index (χ1) is 14.5. The van der Waals surface area contributed by atoms with Gasteiger partial charge in [0.25, 0.3) is 5.91 Å². The number of rotatable bonds is 6. The second-order valence-electron chi connectivity index (χ2n) is 6.73. The zero-order chi connectivity index (χ0) is 24.4.